The maximum atomic E-state index is 11.4. The van der Waals surface area contributed by atoms with E-state index in [1.54, 1.807) is 25.1 Å². The molecule has 6 heteroatoms. The quantitative estimate of drug-likeness (QED) is 0.837. The van der Waals surface area contributed by atoms with Crippen LogP contribution in [-0.2, 0) is 10.0 Å². The lowest BCUT2D eigenvalue weighted by atomic mass is 10.1. The number of carbonyl (C=O) groups excluding carboxylic acids is 1. The van der Waals surface area contributed by atoms with Crippen molar-refractivity contribution in [3.05, 3.63) is 29.3 Å². The molecule has 0 aliphatic heterocycles. The summed E-state index contributed by atoms with van der Waals surface area (Å²) in [5, 5.41) is 0. The van der Waals surface area contributed by atoms with E-state index in [9.17, 15) is 13.2 Å². The maximum absolute atomic E-state index is 11.4. The second-order valence-corrected chi connectivity index (χ2v) is 5.56. The Balaban J connectivity index is 3.37. The third-order valence-electron chi connectivity index (χ3n) is 2.41. The molecular formula is C10H14N2O3S. The Morgan fingerprint density at radius 2 is 1.94 bits per heavy atom. The van der Waals surface area contributed by atoms with Crippen LogP contribution in [0.25, 0.3) is 0 Å². The van der Waals surface area contributed by atoms with Crippen molar-refractivity contribution in [2.24, 2.45) is 5.73 Å². The predicted molar refractivity (Wildman–Crippen MR) is 62.9 cm³/mol. The summed E-state index contributed by atoms with van der Waals surface area (Å²) in [5.41, 5.74) is 6.53. The number of nitrogens with zero attached hydrogens (tertiary/aromatic N) is 1. The molecule has 0 bridgehead atoms. The second kappa shape index (κ2) is 4.13. The minimum Gasteiger partial charge on any atom is -0.366 e. The number of primary amides is 1. The Bertz CT molecular complexity index is 523. The smallest absolute Gasteiger partial charge is 0.249 e. The Morgan fingerprint density at radius 1 is 1.38 bits per heavy atom. The Morgan fingerprint density at radius 3 is 2.38 bits per heavy atom. The Hall–Kier alpha value is -1.56. The van der Waals surface area contributed by atoms with Gasteiger partial charge in [-0.1, -0.05) is 6.07 Å². The van der Waals surface area contributed by atoms with Crippen LogP contribution in [0.2, 0.25) is 0 Å². The fourth-order valence-electron chi connectivity index (χ4n) is 1.41. The molecule has 0 spiro atoms. The highest BCUT2D eigenvalue weighted by atomic mass is 32.2. The van der Waals surface area contributed by atoms with Gasteiger partial charge >= 0.3 is 0 Å². The van der Waals surface area contributed by atoms with E-state index in [-0.39, 0.29) is 0 Å². The topological polar surface area (TPSA) is 80.5 Å². The first-order chi connectivity index (χ1) is 7.25. The largest absolute Gasteiger partial charge is 0.366 e. The van der Waals surface area contributed by atoms with Crippen LogP contribution in [0.5, 0.6) is 0 Å². The van der Waals surface area contributed by atoms with Crippen LogP contribution in [0.1, 0.15) is 15.9 Å². The maximum Gasteiger partial charge on any atom is 0.249 e. The Labute approximate surface area is 94.9 Å². The summed E-state index contributed by atoms with van der Waals surface area (Å²) < 4.78 is 23.9. The van der Waals surface area contributed by atoms with Crippen molar-refractivity contribution in [3.8, 4) is 0 Å². The van der Waals surface area contributed by atoms with Crippen molar-refractivity contribution >= 4 is 21.6 Å². The average molecular weight is 242 g/mol. The van der Waals surface area contributed by atoms with Gasteiger partial charge in [-0.3, -0.25) is 9.10 Å². The van der Waals surface area contributed by atoms with Gasteiger partial charge in [0, 0.05) is 12.6 Å². The van der Waals surface area contributed by atoms with Crippen molar-refractivity contribution in [3.63, 3.8) is 0 Å². The molecular weight excluding hydrogens is 228 g/mol. The predicted octanol–water partition coefficient (Wildman–Crippen LogP) is 0.490. The monoisotopic (exact) mass is 242 g/mol. The summed E-state index contributed by atoms with van der Waals surface area (Å²) in [5.74, 6) is -0.568. The van der Waals surface area contributed by atoms with Crippen LogP contribution < -0.4 is 10.0 Å². The van der Waals surface area contributed by atoms with E-state index in [1.807, 2.05) is 0 Å². The fraction of sp³-hybridized carbons (Fsp3) is 0.300. The number of rotatable bonds is 3. The van der Waals surface area contributed by atoms with Crippen molar-refractivity contribution in [2.75, 3.05) is 17.6 Å². The zero-order valence-electron chi connectivity index (χ0n) is 9.39. The van der Waals surface area contributed by atoms with Crippen LogP contribution in [0, 0.1) is 6.92 Å². The normalized spacial score (nSPS) is 11.2. The molecule has 1 aromatic rings. The van der Waals surface area contributed by atoms with Gasteiger partial charge in [-0.2, -0.15) is 0 Å². The zero-order valence-corrected chi connectivity index (χ0v) is 10.2. The molecule has 1 aromatic carbocycles. The van der Waals surface area contributed by atoms with Crippen LogP contribution in [-0.4, -0.2) is 27.6 Å². The minimum absolute atomic E-state index is 0.327. The van der Waals surface area contributed by atoms with Gasteiger partial charge in [-0.25, -0.2) is 8.42 Å². The summed E-state index contributed by atoms with van der Waals surface area (Å²) in [6.07, 6.45) is 1.10. The summed E-state index contributed by atoms with van der Waals surface area (Å²) in [6, 6.07) is 4.80. The first-order valence-electron chi connectivity index (χ1n) is 4.58. The van der Waals surface area contributed by atoms with Gasteiger partial charge in [0.15, 0.2) is 0 Å². The SMILES string of the molecule is Cc1c(C(N)=O)cccc1N(C)S(C)(=O)=O. The highest BCUT2D eigenvalue weighted by Crippen LogP contribution is 2.23. The van der Waals surface area contributed by atoms with Gasteiger partial charge in [-0.05, 0) is 24.6 Å². The molecule has 0 unspecified atom stereocenters. The van der Waals surface area contributed by atoms with Gasteiger partial charge in [0.25, 0.3) is 0 Å². The van der Waals surface area contributed by atoms with Gasteiger partial charge in [0.05, 0.1) is 11.9 Å². The first kappa shape index (κ1) is 12.5. The van der Waals surface area contributed by atoms with E-state index in [0.29, 0.717) is 16.8 Å². The summed E-state index contributed by atoms with van der Waals surface area (Å²) in [6.45, 7) is 1.66. The summed E-state index contributed by atoms with van der Waals surface area (Å²) >= 11 is 0. The number of benzene rings is 1. The third-order valence-corrected chi connectivity index (χ3v) is 3.60. The van der Waals surface area contributed by atoms with E-state index in [4.69, 9.17) is 5.73 Å². The molecule has 0 saturated carbocycles. The van der Waals surface area contributed by atoms with E-state index >= 15 is 0 Å². The number of amides is 1. The van der Waals surface area contributed by atoms with Gasteiger partial charge < -0.3 is 5.73 Å². The lowest BCUT2D eigenvalue weighted by Gasteiger charge is -2.19. The van der Waals surface area contributed by atoms with E-state index in [0.717, 1.165) is 10.6 Å². The molecule has 0 heterocycles. The van der Waals surface area contributed by atoms with E-state index in [1.165, 1.54) is 7.05 Å². The number of hydrogen-bond acceptors (Lipinski definition) is 3. The molecule has 5 nitrogen and oxygen atoms in total. The molecule has 1 amide bonds. The van der Waals surface area contributed by atoms with Crippen molar-refractivity contribution < 1.29 is 13.2 Å². The lowest BCUT2D eigenvalue weighted by Crippen LogP contribution is -2.26. The molecule has 1 rings (SSSR count). The molecule has 88 valence electrons. The van der Waals surface area contributed by atoms with Crippen LogP contribution in [0.4, 0.5) is 5.69 Å². The van der Waals surface area contributed by atoms with Gasteiger partial charge in [0.1, 0.15) is 0 Å². The molecule has 0 aliphatic rings. The van der Waals surface area contributed by atoms with Gasteiger partial charge in [0.2, 0.25) is 15.9 Å². The minimum atomic E-state index is -3.34. The number of carbonyl (C=O) groups is 1. The molecule has 0 atom stereocenters. The Kier molecular flexibility index (Phi) is 3.23. The highest BCUT2D eigenvalue weighted by Gasteiger charge is 2.17. The van der Waals surface area contributed by atoms with Gasteiger partial charge in [-0.15, -0.1) is 0 Å². The van der Waals surface area contributed by atoms with E-state index in [2.05, 4.69) is 0 Å². The second-order valence-electron chi connectivity index (χ2n) is 3.54. The lowest BCUT2D eigenvalue weighted by molar-refractivity contribution is 0.0999. The molecule has 2 N–H and O–H groups in total. The first-order valence-corrected chi connectivity index (χ1v) is 6.43. The van der Waals surface area contributed by atoms with Crippen LogP contribution >= 0.6 is 0 Å². The van der Waals surface area contributed by atoms with E-state index < -0.39 is 15.9 Å². The van der Waals surface area contributed by atoms with Crippen LogP contribution in [0.15, 0.2) is 18.2 Å². The number of anilines is 1. The standard InChI is InChI=1S/C10H14N2O3S/c1-7-8(10(11)13)5-4-6-9(7)12(2)16(3,14)15/h4-6H,1-3H3,(H2,11,13). The fourth-order valence-corrected chi connectivity index (χ4v) is 1.97. The number of nitrogens with two attached hydrogens (primary N) is 1. The molecule has 0 fully saturated rings. The number of sulfonamides is 1. The number of hydrogen-bond donors (Lipinski definition) is 1. The summed E-state index contributed by atoms with van der Waals surface area (Å²) in [7, 11) is -1.91. The van der Waals surface area contributed by atoms with Crippen LogP contribution in [0.3, 0.4) is 0 Å². The summed E-state index contributed by atoms with van der Waals surface area (Å²) in [4.78, 5) is 11.1. The van der Waals surface area contributed by atoms with Crippen molar-refractivity contribution in [1.29, 1.82) is 0 Å². The molecule has 0 radical (unpaired) electrons. The molecule has 0 aromatic heterocycles. The highest BCUT2D eigenvalue weighted by molar-refractivity contribution is 7.92. The molecule has 16 heavy (non-hydrogen) atoms. The third kappa shape index (κ3) is 2.33. The van der Waals surface area contributed by atoms with Crippen molar-refractivity contribution in [1.82, 2.24) is 0 Å². The molecule has 0 aliphatic carbocycles. The zero-order chi connectivity index (χ0) is 12.5. The molecule has 0 saturated heterocycles. The van der Waals surface area contributed by atoms with Crippen molar-refractivity contribution in [2.45, 2.75) is 6.92 Å². The average Bonchev–Trinajstić information content (AvgIpc) is 2.15.